The van der Waals surface area contributed by atoms with Gasteiger partial charge in [-0.05, 0) is 42.8 Å². The van der Waals surface area contributed by atoms with Gasteiger partial charge in [0.15, 0.2) is 0 Å². The summed E-state index contributed by atoms with van der Waals surface area (Å²) in [6.45, 7) is 0.489. The van der Waals surface area contributed by atoms with Crippen LogP contribution < -0.4 is 15.5 Å². The highest BCUT2D eigenvalue weighted by Crippen LogP contribution is 2.28. The number of halogens is 3. The SMILES string of the molecule is CNC(=O)c1ccc(NC2CCN(c3ccc(F)c(Cl)c3)C2=O)cc1Cl. The Labute approximate surface area is 160 Å². The third-order valence-corrected chi connectivity index (χ3v) is 4.80. The number of carbonyl (C=O) groups excluding carboxylic acids is 2. The minimum atomic E-state index is -0.525. The van der Waals surface area contributed by atoms with Gasteiger partial charge >= 0.3 is 0 Å². The fraction of sp³-hybridized carbons (Fsp3) is 0.222. The van der Waals surface area contributed by atoms with Crippen molar-refractivity contribution in [1.82, 2.24) is 5.32 Å². The Morgan fingerprint density at radius 2 is 1.96 bits per heavy atom. The average Bonchev–Trinajstić information content (AvgIpc) is 2.97. The van der Waals surface area contributed by atoms with E-state index in [0.717, 1.165) is 0 Å². The minimum Gasteiger partial charge on any atom is -0.374 e. The van der Waals surface area contributed by atoms with E-state index >= 15 is 0 Å². The zero-order valence-corrected chi connectivity index (χ0v) is 15.4. The zero-order valence-electron chi connectivity index (χ0n) is 13.9. The van der Waals surface area contributed by atoms with Crippen LogP contribution in [0.15, 0.2) is 36.4 Å². The van der Waals surface area contributed by atoms with Gasteiger partial charge in [-0.1, -0.05) is 23.2 Å². The first-order chi connectivity index (χ1) is 12.4. The quantitative estimate of drug-likeness (QED) is 0.829. The molecule has 0 spiro atoms. The van der Waals surface area contributed by atoms with Crippen LogP contribution >= 0.6 is 23.2 Å². The Morgan fingerprint density at radius 3 is 2.62 bits per heavy atom. The first kappa shape index (κ1) is 18.5. The summed E-state index contributed by atoms with van der Waals surface area (Å²) < 4.78 is 13.3. The topological polar surface area (TPSA) is 61.4 Å². The second-order valence-electron chi connectivity index (χ2n) is 5.85. The van der Waals surface area contributed by atoms with Gasteiger partial charge in [0.05, 0.1) is 15.6 Å². The third kappa shape index (κ3) is 3.61. The molecule has 2 N–H and O–H groups in total. The van der Waals surface area contributed by atoms with Crippen LogP contribution in [0.4, 0.5) is 15.8 Å². The molecule has 2 aromatic rings. The standard InChI is InChI=1S/C18H16Cl2FN3O2/c1-22-17(25)12-4-2-10(8-13(12)19)23-16-6-7-24(18(16)26)11-3-5-15(21)14(20)9-11/h2-5,8-9,16,23H,6-7H2,1H3,(H,22,25). The van der Waals surface area contributed by atoms with Gasteiger partial charge in [-0.2, -0.15) is 0 Å². The van der Waals surface area contributed by atoms with E-state index in [4.69, 9.17) is 23.2 Å². The maximum atomic E-state index is 13.3. The maximum absolute atomic E-state index is 13.3. The summed E-state index contributed by atoms with van der Waals surface area (Å²) in [4.78, 5) is 25.9. The Bertz CT molecular complexity index is 876. The van der Waals surface area contributed by atoms with Gasteiger partial charge in [-0.15, -0.1) is 0 Å². The molecule has 2 amide bonds. The van der Waals surface area contributed by atoms with Crippen molar-refractivity contribution in [2.75, 3.05) is 23.8 Å². The number of carbonyl (C=O) groups is 2. The lowest BCUT2D eigenvalue weighted by atomic mass is 10.1. The Morgan fingerprint density at radius 1 is 1.19 bits per heavy atom. The first-order valence-electron chi connectivity index (χ1n) is 7.95. The van der Waals surface area contributed by atoms with Crippen molar-refractivity contribution in [1.29, 1.82) is 0 Å². The van der Waals surface area contributed by atoms with Crippen molar-refractivity contribution in [3.63, 3.8) is 0 Å². The first-order valence-corrected chi connectivity index (χ1v) is 8.71. The molecule has 2 aromatic carbocycles. The van der Waals surface area contributed by atoms with E-state index in [-0.39, 0.29) is 16.8 Å². The van der Waals surface area contributed by atoms with E-state index in [1.165, 1.54) is 25.2 Å². The monoisotopic (exact) mass is 395 g/mol. The van der Waals surface area contributed by atoms with E-state index in [9.17, 15) is 14.0 Å². The van der Waals surface area contributed by atoms with Crippen LogP contribution in [-0.4, -0.2) is 31.4 Å². The van der Waals surface area contributed by atoms with Crippen molar-refractivity contribution >= 4 is 46.4 Å². The van der Waals surface area contributed by atoms with Gasteiger partial charge in [0.25, 0.3) is 5.91 Å². The Hall–Kier alpha value is -2.31. The Kier molecular flexibility index (Phi) is 5.34. The van der Waals surface area contributed by atoms with Crippen molar-refractivity contribution in [2.45, 2.75) is 12.5 Å². The molecule has 1 atom stereocenters. The molecule has 1 aliphatic heterocycles. The smallest absolute Gasteiger partial charge is 0.252 e. The molecule has 0 aromatic heterocycles. The summed E-state index contributed by atoms with van der Waals surface area (Å²) in [7, 11) is 1.53. The van der Waals surface area contributed by atoms with E-state index in [1.807, 2.05) is 0 Å². The van der Waals surface area contributed by atoms with Crippen molar-refractivity contribution < 1.29 is 14.0 Å². The molecule has 0 bridgehead atoms. The number of amides is 2. The van der Waals surface area contributed by atoms with E-state index in [0.29, 0.717) is 34.9 Å². The molecule has 0 radical (unpaired) electrons. The maximum Gasteiger partial charge on any atom is 0.252 e. The van der Waals surface area contributed by atoms with Crippen LogP contribution in [0.25, 0.3) is 0 Å². The molecule has 0 saturated carbocycles. The number of hydrogen-bond donors (Lipinski definition) is 2. The van der Waals surface area contributed by atoms with Crippen LogP contribution in [0.1, 0.15) is 16.8 Å². The average molecular weight is 396 g/mol. The van der Waals surface area contributed by atoms with E-state index in [2.05, 4.69) is 10.6 Å². The van der Waals surface area contributed by atoms with Crippen molar-refractivity contribution in [3.8, 4) is 0 Å². The normalized spacial score (nSPS) is 16.7. The summed E-state index contributed by atoms with van der Waals surface area (Å²) in [5.74, 6) is -0.945. The zero-order chi connectivity index (χ0) is 18.8. The van der Waals surface area contributed by atoms with E-state index in [1.54, 1.807) is 23.1 Å². The Balaban J connectivity index is 1.74. The summed E-state index contributed by atoms with van der Waals surface area (Å²) in [5.41, 5.74) is 1.55. The minimum absolute atomic E-state index is 0.0247. The highest BCUT2D eigenvalue weighted by Gasteiger charge is 2.32. The molecule has 3 rings (SSSR count). The summed E-state index contributed by atoms with van der Waals surface area (Å²) in [6.07, 6.45) is 0.572. The van der Waals surface area contributed by atoms with Gasteiger partial charge in [0.1, 0.15) is 11.9 Å². The van der Waals surface area contributed by atoms with Gasteiger partial charge in [-0.3, -0.25) is 9.59 Å². The fourth-order valence-electron chi connectivity index (χ4n) is 2.85. The van der Waals surface area contributed by atoms with Crippen LogP contribution in [0.3, 0.4) is 0 Å². The molecule has 1 fully saturated rings. The largest absolute Gasteiger partial charge is 0.374 e. The van der Waals surface area contributed by atoms with Crippen molar-refractivity contribution in [3.05, 3.63) is 57.8 Å². The molecular weight excluding hydrogens is 380 g/mol. The molecule has 1 unspecified atom stereocenters. The molecule has 1 heterocycles. The van der Waals surface area contributed by atoms with Crippen LogP contribution in [0.5, 0.6) is 0 Å². The molecular formula is C18H16Cl2FN3O2. The predicted octanol–water partition coefficient (Wildman–Crippen LogP) is 3.71. The number of benzene rings is 2. The third-order valence-electron chi connectivity index (χ3n) is 4.20. The van der Waals surface area contributed by atoms with Gasteiger partial charge in [0.2, 0.25) is 5.91 Å². The van der Waals surface area contributed by atoms with Crippen LogP contribution in [0, 0.1) is 5.82 Å². The van der Waals surface area contributed by atoms with E-state index < -0.39 is 11.9 Å². The molecule has 0 aliphatic carbocycles. The second-order valence-corrected chi connectivity index (χ2v) is 6.66. The second kappa shape index (κ2) is 7.51. The summed E-state index contributed by atoms with van der Waals surface area (Å²) in [5, 5.41) is 5.91. The highest BCUT2D eigenvalue weighted by atomic mass is 35.5. The molecule has 1 saturated heterocycles. The molecule has 1 aliphatic rings. The lowest BCUT2D eigenvalue weighted by molar-refractivity contribution is -0.117. The number of hydrogen-bond acceptors (Lipinski definition) is 3. The molecule has 8 heteroatoms. The fourth-order valence-corrected chi connectivity index (χ4v) is 3.29. The lowest BCUT2D eigenvalue weighted by Gasteiger charge is -2.18. The van der Waals surface area contributed by atoms with Gasteiger partial charge in [-0.25, -0.2) is 4.39 Å². The molecule has 136 valence electrons. The molecule has 5 nitrogen and oxygen atoms in total. The summed E-state index contributed by atoms with van der Waals surface area (Å²) >= 11 is 11.9. The number of nitrogens with zero attached hydrogens (tertiary/aromatic N) is 1. The van der Waals surface area contributed by atoms with Crippen LogP contribution in [0.2, 0.25) is 10.0 Å². The highest BCUT2D eigenvalue weighted by molar-refractivity contribution is 6.34. The number of rotatable bonds is 4. The van der Waals surface area contributed by atoms with Gasteiger partial charge in [0, 0.05) is 25.0 Å². The van der Waals surface area contributed by atoms with Crippen LogP contribution in [-0.2, 0) is 4.79 Å². The lowest BCUT2D eigenvalue weighted by Crippen LogP contribution is -2.33. The number of anilines is 2. The molecule has 26 heavy (non-hydrogen) atoms. The summed E-state index contributed by atoms with van der Waals surface area (Å²) in [6, 6.07) is 8.66. The number of nitrogens with one attached hydrogen (secondary N) is 2. The predicted molar refractivity (Wildman–Crippen MR) is 101 cm³/mol. The van der Waals surface area contributed by atoms with Crippen molar-refractivity contribution in [2.24, 2.45) is 0 Å². The van der Waals surface area contributed by atoms with Gasteiger partial charge < -0.3 is 15.5 Å².